The first kappa shape index (κ1) is 18.7. The lowest BCUT2D eigenvalue weighted by Crippen LogP contribution is -2.20. The van der Waals surface area contributed by atoms with Crippen LogP contribution in [-0.4, -0.2) is 32.6 Å². The molecule has 1 amide bonds. The monoisotopic (exact) mass is 409 g/mol. The van der Waals surface area contributed by atoms with Crippen LogP contribution in [0.1, 0.15) is 5.56 Å². The summed E-state index contributed by atoms with van der Waals surface area (Å²) in [4.78, 5) is 31.4. The fourth-order valence-electron chi connectivity index (χ4n) is 2.82. The number of benzene rings is 2. The number of nitrogens with one attached hydrogen (secondary N) is 2. The molecule has 2 N–H and O–H groups in total. The van der Waals surface area contributed by atoms with Crippen LogP contribution in [0.25, 0.3) is 17.2 Å². The van der Waals surface area contributed by atoms with Crippen LogP contribution in [0, 0.1) is 0 Å². The van der Waals surface area contributed by atoms with Crippen molar-refractivity contribution in [1.82, 2.24) is 19.6 Å². The van der Waals surface area contributed by atoms with Crippen LogP contribution in [0.15, 0.2) is 59.4 Å². The van der Waals surface area contributed by atoms with Gasteiger partial charge in [-0.2, -0.15) is 9.50 Å². The predicted octanol–water partition coefficient (Wildman–Crippen LogP) is 2.93. The molecule has 0 atom stereocenters. The zero-order valence-electron chi connectivity index (χ0n) is 15.3. The number of carbonyl (C=O) groups is 1. The van der Waals surface area contributed by atoms with E-state index < -0.39 is 5.56 Å². The molecular formula is C20H16ClN5O3. The quantitative estimate of drug-likeness (QED) is 0.527. The summed E-state index contributed by atoms with van der Waals surface area (Å²) in [6.07, 6.45) is 0.130. The molecule has 0 spiro atoms. The SMILES string of the molecule is COc1ccc(-c2nc3[nH]c(=O)cc(NC(=O)Cc4ccc(Cl)cc4)n3n2)cc1. The number of rotatable bonds is 5. The van der Waals surface area contributed by atoms with E-state index in [1.54, 1.807) is 43.5 Å². The standard InChI is InChI=1S/C20H16ClN5O3/c1-29-15-8-4-13(5-9-15)19-24-20-23-18(28)11-16(26(20)25-19)22-17(27)10-12-2-6-14(21)7-3-12/h2-9,11H,10H2,1H3,(H,22,27)(H,23,24,25,28). The van der Waals surface area contributed by atoms with Crippen molar-refractivity contribution in [3.05, 3.63) is 75.5 Å². The van der Waals surface area contributed by atoms with Crippen molar-refractivity contribution < 1.29 is 9.53 Å². The molecule has 4 aromatic rings. The number of methoxy groups -OCH3 is 1. The van der Waals surface area contributed by atoms with E-state index in [0.29, 0.717) is 16.6 Å². The van der Waals surface area contributed by atoms with E-state index in [1.807, 2.05) is 12.1 Å². The minimum atomic E-state index is -0.395. The highest BCUT2D eigenvalue weighted by atomic mass is 35.5. The molecule has 29 heavy (non-hydrogen) atoms. The van der Waals surface area contributed by atoms with E-state index in [9.17, 15) is 9.59 Å². The molecule has 0 unspecified atom stereocenters. The molecule has 0 saturated heterocycles. The lowest BCUT2D eigenvalue weighted by atomic mass is 10.1. The van der Waals surface area contributed by atoms with Gasteiger partial charge in [0, 0.05) is 16.7 Å². The van der Waals surface area contributed by atoms with Crippen molar-refractivity contribution in [2.24, 2.45) is 0 Å². The van der Waals surface area contributed by atoms with Crippen LogP contribution >= 0.6 is 11.6 Å². The van der Waals surface area contributed by atoms with Gasteiger partial charge in [-0.25, -0.2) is 0 Å². The second kappa shape index (κ2) is 7.76. The third-order valence-electron chi connectivity index (χ3n) is 4.23. The largest absolute Gasteiger partial charge is 0.497 e. The lowest BCUT2D eigenvalue weighted by molar-refractivity contribution is -0.115. The number of H-pyrrole nitrogens is 1. The summed E-state index contributed by atoms with van der Waals surface area (Å²) in [7, 11) is 1.59. The van der Waals surface area contributed by atoms with E-state index in [1.165, 1.54) is 10.6 Å². The molecule has 0 aliphatic heterocycles. The Bertz CT molecular complexity index is 1230. The van der Waals surface area contributed by atoms with E-state index in [-0.39, 0.29) is 23.9 Å². The molecule has 146 valence electrons. The number of ether oxygens (including phenoxy) is 1. The molecule has 2 aromatic carbocycles. The number of anilines is 1. The van der Waals surface area contributed by atoms with E-state index in [0.717, 1.165) is 11.1 Å². The Hall–Kier alpha value is -3.65. The van der Waals surface area contributed by atoms with Crippen LogP contribution < -0.4 is 15.6 Å². The second-order valence-corrected chi connectivity index (χ2v) is 6.71. The topological polar surface area (TPSA) is 101 Å². The van der Waals surface area contributed by atoms with Crippen molar-refractivity contribution in [1.29, 1.82) is 0 Å². The highest BCUT2D eigenvalue weighted by molar-refractivity contribution is 6.30. The van der Waals surface area contributed by atoms with Crippen LogP contribution in [-0.2, 0) is 11.2 Å². The van der Waals surface area contributed by atoms with Crippen molar-refractivity contribution >= 4 is 29.1 Å². The maximum atomic E-state index is 12.4. The molecule has 0 radical (unpaired) electrons. The van der Waals surface area contributed by atoms with Gasteiger partial charge in [-0.05, 0) is 42.0 Å². The Morgan fingerprint density at radius 2 is 1.90 bits per heavy atom. The Balaban J connectivity index is 1.63. The second-order valence-electron chi connectivity index (χ2n) is 6.27. The smallest absolute Gasteiger partial charge is 0.254 e. The number of carbonyl (C=O) groups excluding carboxylic acids is 1. The highest BCUT2D eigenvalue weighted by Gasteiger charge is 2.13. The highest BCUT2D eigenvalue weighted by Crippen LogP contribution is 2.20. The fraction of sp³-hybridized carbons (Fsp3) is 0.100. The van der Waals surface area contributed by atoms with Gasteiger partial charge in [0.2, 0.25) is 11.7 Å². The molecule has 0 bridgehead atoms. The summed E-state index contributed by atoms with van der Waals surface area (Å²) in [6, 6.07) is 15.4. The first-order valence-corrected chi connectivity index (χ1v) is 9.08. The average Bonchev–Trinajstić information content (AvgIpc) is 3.14. The zero-order valence-corrected chi connectivity index (χ0v) is 16.1. The third kappa shape index (κ3) is 4.12. The molecule has 2 aromatic heterocycles. The third-order valence-corrected chi connectivity index (χ3v) is 4.48. The summed E-state index contributed by atoms with van der Waals surface area (Å²) in [5.41, 5.74) is 1.15. The summed E-state index contributed by atoms with van der Waals surface area (Å²) < 4.78 is 6.54. The van der Waals surface area contributed by atoms with Crippen molar-refractivity contribution in [3.8, 4) is 17.1 Å². The molecule has 8 nitrogen and oxygen atoms in total. The number of nitrogens with zero attached hydrogens (tertiary/aromatic N) is 3. The number of amides is 1. The molecule has 0 aliphatic carbocycles. The number of fused-ring (bicyclic) bond motifs is 1. The van der Waals surface area contributed by atoms with Gasteiger partial charge in [0.1, 0.15) is 11.6 Å². The van der Waals surface area contributed by atoms with Crippen molar-refractivity contribution in [2.75, 3.05) is 12.4 Å². The van der Waals surface area contributed by atoms with Crippen molar-refractivity contribution in [2.45, 2.75) is 6.42 Å². The number of aromatic amines is 1. The fourth-order valence-corrected chi connectivity index (χ4v) is 2.94. The molecule has 2 heterocycles. The van der Waals surface area contributed by atoms with Gasteiger partial charge in [0.15, 0.2) is 5.82 Å². The first-order valence-electron chi connectivity index (χ1n) is 8.70. The van der Waals surface area contributed by atoms with Gasteiger partial charge in [-0.1, -0.05) is 23.7 Å². The Morgan fingerprint density at radius 3 is 2.59 bits per heavy atom. The maximum absolute atomic E-state index is 12.4. The maximum Gasteiger partial charge on any atom is 0.254 e. The number of hydrogen-bond donors (Lipinski definition) is 2. The van der Waals surface area contributed by atoms with E-state index in [4.69, 9.17) is 16.3 Å². The van der Waals surface area contributed by atoms with Crippen molar-refractivity contribution in [3.63, 3.8) is 0 Å². The lowest BCUT2D eigenvalue weighted by Gasteiger charge is -2.06. The average molecular weight is 410 g/mol. The van der Waals surface area contributed by atoms with Gasteiger partial charge in [-0.3, -0.25) is 14.6 Å². The van der Waals surface area contributed by atoms with Crippen LogP contribution in [0.3, 0.4) is 0 Å². The Labute approximate surface area is 170 Å². The van der Waals surface area contributed by atoms with Crippen LogP contribution in [0.5, 0.6) is 5.75 Å². The van der Waals surface area contributed by atoms with E-state index >= 15 is 0 Å². The molecule has 4 rings (SSSR count). The summed E-state index contributed by atoms with van der Waals surface area (Å²) in [5, 5.41) is 7.73. The van der Waals surface area contributed by atoms with Gasteiger partial charge in [-0.15, -0.1) is 5.10 Å². The summed E-state index contributed by atoms with van der Waals surface area (Å²) in [6.45, 7) is 0. The van der Waals surface area contributed by atoms with E-state index in [2.05, 4.69) is 20.4 Å². The molecule has 0 aliphatic rings. The summed E-state index contributed by atoms with van der Waals surface area (Å²) in [5.74, 6) is 1.28. The number of aromatic nitrogens is 4. The molecular weight excluding hydrogens is 394 g/mol. The predicted molar refractivity (Wildman–Crippen MR) is 109 cm³/mol. The minimum Gasteiger partial charge on any atom is -0.497 e. The molecule has 0 saturated carbocycles. The normalized spacial score (nSPS) is 10.8. The Morgan fingerprint density at radius 1 is 1.17 bits per heavy atom. The number of halogens is 1. The van der Waals surface area contributed by atoms with Gasteiger partial charge in [0.25, 0.3) is 5.56 Å². The van der Waals surface area contributed by atoms with Gasteiger partial charge < -0.3 is 10.1 Å². The van der Waals surface area contributed by atoms with Crippen LogP contribution in [0.2, 0.25) is 5.02 Å². The Kier molecular flexibility index (Phi) is 5.01. The van der Waals surface area contributed by atoms with Gasteiger partial charge >= 0.3 is 0 Å². The molecule has 0 fully saturated rings. The van der Waals surface area contributed by atoms with Crippen LogP contribution in [0.4, 0.5) is 5.82 Å². The first-order chi connectivity index (χ1) is 14.0. The summed E-state index contributed by atoms with van der Waals surface area (Å²) >= 11 is 5.87. The number of hydrogen-bond acceptors (Lipinski definition) is 5. The van der Waals surface area contributed by atoms with Gasteiger partial charge in [0.05, 0.1) is 13.5 Å². The minimum absolute atomic E-state index is 0.130. The molecule has 9 heteroatoms. The zero-order chi connectivity index (χ0) is 20.4.